The first-order chi connectivity index (χ1) is 9.85. The van der Waals surface area contributed by atoms with Crippen LogP contribution in [0.3, 0.4) is 0 Å². The molecule has 1 aromatic carbocycles. The molecule has 2 rings (SSSR count). The van der Waals surface area contributed by atoms with Crippen molar-refractivity contribution in [3.63, 3.8) is 0 Å². The summed E-state index contributed by atoms with van der Waals surface area (Å²) in [6, 6.07) is 3.75. The molecule has 3 N–H and O–H groups in total. The fourth-order valence-corrected chi connectivity index (χ4v) is 3.82. The number of aliphatic hydroxyl groups is 2. The minimum Gasteiger partial charge on any atom is -0.390 e. The molecule has 8 heteroatoms. The smallest absolute Gasteiger partial charge is 0.241 e. The molecule has 0 radical (unpaired) electrons. The van der Waals surface area contributed by atoms with Crippen LogP contribution in [0.2, 0.25) is 0 Å². The Hall–Kier alpha value is -1.06. The van der Waals surface area contributed by atoms with Gasteiger partial charge in [-0.25, -0.2) is 17.5 Å². The van der Waals surface area contributed by atoms with E-state index < -0.39 is 34.1 Å². The van der Waals surface area contributed by atoms with Crippen molar-refractivity contribution in [2.75, 3.05) is 13.7 Å². The predicted octanol–water partition coefficient (Wildman–Crippen LogP) is -0.139. The van der Waals surface area contributed by atoms with Crippen LogP contribution in [0, 0.1) is 11.7 Å². The van der Waals surface area contributed by atoms with Crippen molar-refractivity contribution in [3.8, 4) is 0 Å². The standard InChI is InChI=1S/C13H18FNO5S/c1-20-7-8-5-11(13(17)12(8)16)15-21(18,19)10-4-2-3-9(14)6-10/h2-4,6,8,11-13,15-17H,5,7H2,1H3/t8-,11-,12-,13+/m1/s1. The van der Waals surface area contributed by atoms with Gasteiger partial charge in [-0.05, 0) is 24.6 Å². The van der Waals surface area contributed by atoms with Crippen LogP contribution < -0.4 is 4.72 Å². The second-order valence-electron chi connectivity index (χ2n) is 5.12. The molecule has 0 heterocycles. The summed E-state index contributed by atoms with van der Waals surface area (Å²) in [7, 11) is -2.50. The molecule has 0 aromatic heterocycles. The second-order valence-corrected chi connectivity index (χ2v) is 6.83. The number of hydrogen-bond donors (Lipinski definition) is 3. The van der Waals surface area contributed by atoms with Gasteiger partial charge in [-0.2, -0.15) is 0 Å². The maximum Gasteiger partial charge on any atom is 0.241 e. The summed E-state index contributed by atoms with van der Waals surface area (Å²) in [5.41, 5.74) is 0. The van der Waals surface area contributed by atoms with Crippen LogP contribution in [0.25, 0.3) is 0 Å². The fourth-order valence-electron chi connectivity index (χ4n) is 2.52. The number of ether oxygens (including phenoxy) is 1. The third-order valence-electron chi connectivity index (χ3n) is 3.60. The molecule has 0 unspecified atom stereocenters. The molecule has 0 amide bonds. The highest BCUT2D eigenvalue weighted by Crippen LogP contribution is 2.28. The van der Waals surface area contributed by atoms with E-state index in [9.17, 15) is 23.0 Å². The Balaban J connectivity index is 2.14. The molecule has 1 aliphatic carbocycles. The Morgan fingerprint density at radius 3 is 2.71 bits per heavy atom. The molecule has 6 nitrogen and oxygen atoms in total. The zero-order valence-electron chi connectivity index (χ0n) is 11.4. The van der Waals surface area contributed by atoms with Crippen molar-refractivity contribution in [1.29, 1.82) is 0 Å². The molecule has 0 spiro atoms. The zero-order valence-corrected chi connectivity index (χ0v) is 12.3. The summed E-state index contributed by atoms with van der Waals surface area (Å²) in [6.07, 6.45) is -2.05. The molecule has 118 valence electrons. The maximum absolute atomic E-state index is 13.1. The van der Waals surface area contributed by atoms with Crippen LogP contribution in [0.5, 0.6) is 0 Å². The Morgan fingerprint density at radius 1 is 1.38 bits per heavy atom. The number of aliphatic hydroxyl groups excluding tert-OH is 2. The minimum atomic E-state index is -3.96. The number of sulfonamides is 1. The van der Waals surface area contributed by atoms with E-state index in [0.717, 1.165) is 12.1 Å². The summed E-state index contributed by atoms with van der Waals surface area (Å²) < 4.78 is 44.7. The van der Waals surface area contributed by atoms with Crippen LogP contribution in [0.15, 0.2) is 29.2 Å². The first-order valence-electron chi connectivity index (χ1n) is 6.48. The maximum atomic E-state index is 13.1. The molecule has 4 atom stereocenters. The van der Waals surface area contributed by atoms with Gasteiger partial charge in [0.2, 0.25) is 10.0 Å². The van der Waals surface area contributed by atoms with Crippen LogP contribution >= 0.6 is 0 Å². The van der Waals surface area contributed by atoms with E-state index in [0.29, 0.717) is 0 Å². The molecule has 0 bridgehead atoms. The number of hydrogen-bond acceptors (Lipinski definition) is 5. The Bertz CT molecular complexity index is 594. The summed E-state index contributed by atoms with van der Waals surface area (Å²) in [4.78, 5) is -0.223. The average molecular weight is 319 g/mol. The Labute approximate surface area is 122 Å². The van der Waals surface area contributed by atoms with Crippen LogP contribution in [0.4, 0.5) is 4.39 Å². The fraction of sp³-hybridized carbons (Fsp3) is 0.538. The normalized spacial score (nSPS) is 29.7. The summed E-state index contributed by atoms with van der Waals surface area (Å²) in [6.45, 7) is 0.219. The van der Waals surface area contributed by atoms with E-state index in [2.05, 4.69) is 4.72 Å². The molecule has 0 saturated heterocycles. The number of nitrogens with one attached hydrogen (secondary N) is 1. The number of benzene rings is 1. The van der Waals surface area contributed by atoms with Crippen molar-refractivity contribution in [2.45, 2.75) is 29.6 Å². The summed E-state index contributed by atoms with van der Waals surface area (Å²) in [5.74, 6) is -1.02. The molecule has 1 aliphatic rings. The van der Waals surface area contributed by atoms with Gasteiger partial charge in [-0.3, -0.25) is 0 Å². The lowest BCUT2D eigenvalue weighted by Gasteiger charge is -2.18. The average Bonchev–Trinajstić information content (AvgIpc) is 2.67. The van der Waals surface area contributed by atoms with Gasteiger partial charge in [-0.1, -0.05) is 6.07 Å². The predicted molar refractivity (Wildman–Crippen MR) is 72.5 cm³/mol. The first-order valence-corrected chi connectivity index (χ1v) is 7.96. The van der Waals surface area contributed by atoms with Gasteiger partial charge in [0.15, 0.2) is 0 Å². The molecule has 21 heavy (non-hydrogen) atoms. The van der Waals surface area contributed by atoms with E-state index in [-0.39, 0.29) is 23.8 Å². The van der Waals surface area contributed by atoms with Gasteiger partial charge < -0.3 is 14.9 Å². The minimum absolute atomic E-state index is 0.219. The molecule has 1 aromatic rings. The van der Waals surface area contributed by atoms with Gasteiger partial charge in [-0.15, -0.1) is 0 Å². The van der Waals surface area contributed by atoms with Gasteiger partial charge in [0.25, 0.3) is 0 Å². The largest absolute Gasteiger partial charge is 0.390 e. The van der Waals surface area contributed by atoms with Crippen molar-refractivity contribution in [1.82, 2.24) is 4.72 Å². The Kier molecular flexibility index (Phi) is 4.95. The summed E-state index contributed by atoms with van der Waals surface area (Å²) >= 11 is 0. The van der Waals surface area contributed by atoms with Gasteiger partial charge in [0, 0.05) is 13.0 Å². The highest BCUT2D eigenvalue weighted by Gasteiger charge is 2.43. The second kappa shape index (κ2) is 6.37. The molecule has 1 fully saturated rings. The number of methoxy groups -OCH3 is 1. The number of rotatable bonds is 5. The first kappa shape index (κ1) is 16.3. The van der Waals surface area contributed by atoms with Crippen molar-refractivity contribution >= 4 is 10.0 Å². The van der Waals surface area contributed by atoms with Crippen LogP contribution in [0.1, 0.15) is 6.42 Å². The van der Waals surface area contributed by atoms with Crippen molar-refractivity contribution < 1.29 is 27.8 Å². The van der Waals surface area contributed by atoms with E-state index >= 15 is 0 Å². The van der Waals surface area contributed by atoms with Crippen molar-refractivity contribution in [2.24, 2.45) is 5.92 Å². The molecule has 0 aliphatic heterocycles. The lowest BCUT2D eigenvalue weighted by molar-refractivity contribution is -0.00425. The third kappa shape index (κ3) is 3.58. The van der Waals surface area contributed by atoms with Gasteiger partial charge >= 0.3 is 0 Å². The van der Waals surface area contributed by atoms with E-state index in [1.54, 1.807) is 0 Å². The van der Waals surface area contributed by atoms with E-state index in [1.807, 2.05) is 0 Å². The Morgan fingerprint density at radius 2 is 2.10 bits per heavy atom. The van der Waals surface area contributed by atoms with Crippen LogP contribution in [-0.2, 0) is 14.8 Å². The van der Waals surface area contributed by atoms with E-state index in [1.165, 1.54) is 19.2 Å². The van der Waals surface area contributed by atoms with Crippen molar-refractivity contribution in [3.05, 3.63) is 30.1 Å². The molecular weight excluding hydrogens is 301 g/mol. The van der Waals surface area contributed by atoms with E-state index in [4.69, 9.17) is 4.74 Å². The quantitative estimate of drug-likeness (QED) is 0.702. The molecular formula is C13H18FNO5S. The zero-order chi connectivity index (χ0) is 15.6. The highest BCUT2D eigenvalue weighted by molar-refractivity contribution is 7.89. The molecule has 1 saturated carbocycles. The highest BCUT2D eigenvalue weighted by atomic mass is 32.2. The van der Waals surface area contributed by atoms with Gasteiger partial charge in [0.1, 0.15) is 5.82 Å². The lowest BCUT2D eigenvalue weighted by atomic mass is 10.1. The van der Waals surface area contributed by atoms with Crippen LogP contribution in [-0.4, -0.2) is 50.6 Å². The SMILES string of the molecule is COC[C@H]1C[C@@H](NS(=O)(=O)c2cccc(F)c2)[C@H](O)[C@@H]1O. The monoisotopic (exact) mass is 319 g/mol. The third-order valence-corrected chi connectivity index (χ3v) is 5.08. The topological polar surface area (TPSA) is 95.9 Å². The van der Waals surface area contributed by atoms with Gasteiger partial charge in [0.05, 0.1) is 29.8 Å². The lowest BCUT2D eigenvalue weighted by Crippen LogP contribution is -2.43. The number of halogens is 1. The summed E-state index contributed by atoms with van der Waals surface area (Å²) in [5, 5.41) is 19.8.